The van der Waals surface area contributed by atoms with Gasteiger partial charge in [-0.25, -0.2) is 14.6 Å². The SMILES string of the molecule is NNC(=O)c1cc2cc(N)nnc2c(F)c1Nc1ccc(Br)cc1F. The van der Waals surface area contributed by atoms with Gasteiger partial charge in [-0.3, -0.25) is 10.2 Å². The summed E-state index contributed by atoms with van der Waals surface area (Å²) in [6.45, 7) is 0. The van der Waals surface area contributed by atoms with Crippen molar-refractivity contribution in [2.75, 3.05) is 11.1 Å². The summed E-state index contributed by atoms with van der Waals surface area (Å²) in [6.07, 6.45) is 0. The monoisotopic (exact) mass is 408 g/mol. The van der Waals surface area contributed by atoms with Crippen LogP contribution in [0.25, 0.3) is 10.9 Å². The maximum Gasteiger partial charge on any atom is 0.267 e. The number of hydrazine groups is 1. The van der Waals surface area contributed by atoms with Crippen LogP contribution in [-0.4, -0.2) is 16.1 Å². The van der Waals surface area contributed by atoms with Crippen LogP contribution in [0.5, 0.6) is 0 Å². The summed E-state index contributed by atoms with van der Waals surface area (Å²) < 4.78 is 29.5. The molecule has 0 aliphatic rings. The van der Waals surface area contributed by atoms with E-state index in [1.165, 1.54) is 24.3 Å². The molecule has 128 valence electrons. The first kappa shape index (κ1) is 17.0. The van der Waals surface area contributed by atoms with Crippen LogP contribution in [0.2, 0.25) is 0 Å². The lowest BCUT2D eigenvalue weighted by molar-refractivity contribution is 0.0954. The number of aromatic nitrogens is 2. The number of nitrogens with two attached hydrogens (primary N) is 2. The van der Waals surface area contributed by atoms with Gasteiger partial charge in [-0.1, -0.05) is 15.9 Å². The minimum absolute atomic E-state index is 0.0316. The Balaban J connectivity index is 2.22. The number of nitrogen functional groups attached to an aromatic ring is 2. The van der Waals surface area contributed by atoms with Crippen LogP contribution in [0, 0.1) is 11.6 Å². The van der Waals surface area contributed by atoms with E-state index in [0.29, 0.717) is 4.47 Å². The Kier molecular flexibility index (Phi) is 4.47. The maximum absolute atomic E-state index is 14.9. The first-order valence-electron chi connectivity index (χ1n) is 6.89. The standard InChI is InChI=1S/C15H11BrF2N6O/c16-7-1-2-10(9(17)5-7)21-14-8(15(25)22-20)3-6-4-11(19)23-24-13(6)12(14)18/h1-5,21H,20H2,(H2,19,23)(H,22,25). The highest BCUT2D eigenvalue weighted by Gasteiger charge is 2.21. The zero-order chi connectivity index (χ0) is 18.1. The third-order valence-electron chi connectivity index (χ3n) is 3.41. The summed E-state index contributed by atoms with van der Waals surface area (Å²) in [5.41, 5.74) is 6.89. The van der Waals surface area contributed by atoms with E-state index < -0.39 is 17.5 Å². The number of halogens is 3. The molecule has 1 aromatic heterocycles. The normalized spacial score (nSPS) is 10.7. The summed E-state index contributed by atoms with van der Waals surface area (Å²) in [6, 6.07) is 6.85. The van der Waals surface area contributed by atoms with E-state index in [0.717, 1.165) is 0 Å². The Morgan fingerprint density at radius 2 is 1.92 bits per heavy atom. The molecule has 0 aliphatic heterocycles. The molecule has 0 atom stereocenters. The van der Waals surface area contributed by atoms with Gasteiger partial charge in [0.1, 0.15) is 17.2 Å². The van der Waals surface area contributed by atoms with Crippen LogP contribution in [0.1, 0.15) is 10.4 Å². The van der Waals surface area contributed by atoms with Gasteiger partial charge in [-0.15, -0.1) is 10.2 Å². The Labute approximate surface area is 148 Å². The molecule has 0 bridgehead atoms. The van der Waals surface area contributed by atoms with Gasteiger partial charge in [0.05, 0.1) is 16.9 Å². The molecule has 0 saturated heterocycles. The van der Waals surface area contributed by atoms with Crippen molar-refractivity contribution in [2.45, 2.75) is 0 Å². The van der Waals surface area contributed by atoms with Gasteiger partial charge in [0.15, 0.2) is 5.82 Å². The number of anilines is 3. The van der Waals surface area contributed by atoms with Crippen molar-refractivity contribution in [3.8, 4) is 0 Å². The van der Waals surface area contributed by atoms with E-state index in [4.69, 9.17) is 11.6 Å². The fraction of sp³-hybridized carbons (Fsp3) is 0. The third kappa shape index (κ3) is 3.21. The number of benzene rings is 2. The van der Waals surface area contributed by atoms with Gasteiger partial charge < -0.3 is 11.1 Å². The second kappa shape index (κ2) is 6.57. The van der Waals surface area contributed by atoms with Crippen molar-refractivity contribution >= 4 is 49.9 Å². The lowest BCUT2D eigenvalue weighted by Gasteiger charge is -2.14. The zero-order valence-electron chi connectivity index (χ0n) is 12.5. The molecular formula is C15H11BrF2N6O. The second-order valence-electron chi connectivity index (χ2n) is 5.04. The summed E-state index contributed by atoms with van der Waals surface area (Å²) in [7, 11) is 0. The molecule has 10 heteroatoms. The maximum atomic E-state index is 14.9. The highest BCUT2D eigenvalue weighted by molar-refractivity contribution is 9.10. The Morgan fingerprint density at radius 3 is 2.60 bits per heavy atom. The quantitative estimate of drug-likeness (QED) is 0.300. The average molecular weight is 409 g/mol. The Hall–Kier alpha value is -2.85. The molecule has 0 radical (unpaired) electrons. The number of nitrogens with one attached hydrogen (secondary N) is 2. The number of nitrogens with zero attached hydrogens (tertiary/aromatic N) is 2. The molecule has 3 aromatic rings. The van der Waals surface area contributed by atoms with Crippen molar-refractivity contribution < 1.29 is 13.6 Å². The molecule has 3 rings (SSSR count). The van der Waals surface area contributed by atoms with Crippen LogP contribution in [0.4, 0.5) is 26.0 Å². The van der Waals surface area contributed by atoms with Crippen LogP contribution in [0.3, 0.4) is 0 Å². The van der Waals surface area contributed by atoms with E-state index in [2.05, 4.69) is 31.4 Å². The Bertz CT molecular complexity index is 997. The number of rotatable bonds is 3. The van der Waals surface area contributed by atoms with Crippen LogP contribution in [-0.2, 0) is 0 Å². The van der Waals surface area contributed by atoms with E-state index in [9.17, 15) is 13.6 Å². The molecule has 1 amide bonds. The van der Waals surface area contributed by atoms with Gasteiger partial charge in [-0.2, -0.15) is 0 Å². The predicted molar refractivity (Wildman–Crippen MR) is 92.9 cm³/mol. The number of amides is 1. The smallest absolute Gasteiger partial charge is 0.267 e. The van der Waals surface area contributed by atoms with E-state index in [1.54, 1.807) is 6.07 Å². The van der Waals surface area contributed by atoms with Gasteiger partial charge >= 0.3 is 0 Å². The minimum Gasteiger partial charge on any atom is -0.382 e. The minimum atomic E-state index is -0.883. The summed E-state index contributed by atoms with van der Waals surface area (Å²) in [4.78, 5) is 12.0. The molecule has 0 fully saturated rings. The van der Waals surface area contributed by atoms with E-state index in [1.807, 2.05) is 5.43 Å². The van der Waals surface area contributed by atoms with Crippen molar-refractivity contribution in [1.29, 1.82) is 0 Å². The topological polar surface area (TPSA) is 119 Å². The van der Waals surface area contributed by atoms with Crippen molar-refractivity contribution in [3.63, 3.8) is 0 Å². The average Bonchev–Trinajstić information content (AvgIpc) is 2.58. The van der Waals surface area contributed by atoms with Gasteiger partial charge in [0.2, 0.25) is 0 Å². The lowest BCUT2D eigenvalue weighted by Crippen LogP contribution is -2.30. The van der Waals surface area contributed by atoms with Crippen molar-refractivity contribution in [2.24, 2.45) is 5.84 Å². The molecular weight excluding hydrogens is 398 g/mol. The van der Waals surface area contributed by atoms with Gasteiger partial charge in [0.25, 0.3) is 5.91 Å². The largest absolute Gasteiger partial charge is 0.382 e. The Morgan fingerprint density at radius 1 is 1.16 bits per heavy atom. The van der Waals surface area contributed by atoms with E-state index in [-0.39, 0.29) is 33.7 Å². The van der Waals surface area contributed by atoms with Crippen LogP contribution in [0.15, 0.2) is 34.8 Å². The van der Waals surface area contributed by atoms with Crippen LogP contribution >= 0.6 is 15.9 Å². The van der Waals surface area contributed by atoms with E-state index >= 15 is 0 Å². The molecule has 0 spiro atoms. The molecule has 0 saturated carbocycles. The second-order valence-corrected chi connectivity index (χ2v) is 5.96. The van der Waals surface area contributed by atoms with Gasteiger partial charge in [0, 0.05) is 9.86 Å². The molecule has 25 heavy (non-hydrogen) atoms. The summed E-state index contributed by atoms with van der Waals surface area (Å²) in [5.74, 6) is 2.93. The zero-order valence-corrected chi connectivity index (χ0v) is 14.1. The number of carbonyl (C=O) groups is 1. The highest BCUT2D eigenvalue weighted by Crippen LogP contribution is 2.32. The van der Waals surface area contributed by atoms with Crippen molar-refractivity contribution in [1.82, 2.24) is 15.6 Å². The summed E-state index contributed by atoms with van der Waals surface area (Å²) in [5, 5.41) is 10.1. The highest BCUT2D eigenvalue weighted by atomic mass is 79.9. The third-order valence-corrected chi connectivity index (χ3v) is 3.90. The van der Waals surface area contributed by atoms with Crippen molar-refractivity contribution in [3.05, 3.63) is 52.0 Å². The first-order chi connectivity index (χ1) is 11.9. The molecule has 6 N–H and O–H groups in total. The lowest BCUT2D eigenvalue weighted by atomic mass is 10.1. The molecule has 2 aromatic carbocycles. The molecule has 0 unspecified atom stereocenters. The predicted octanol–water partition coefficient (Wildman–Crippen LogP) is 2.60. The molecule has 1 heterocycles. The molecule has 0 aliphatic carbocycles. The number of hydrogen-bond donors (Lipinski definition) is 4. The number of fused-ring (bicyclic) bond motifs is 1. The van der Waals surface area contributed by atoms with Crippen LogP contribution < -0.4 is 22.3 Å². The first-order valence-corrected chi connectivity index (χ1v) is 7.68. The molecule has 7 nitrogen and oxygen atoms in total. The fourth-order valence-corrected chi connectivity index (χ4v) is 2.60. The van der Waals surface area contributed by atoms with Gasteiger partial charge in [-0.05, 0) is 30.3 Å². The summed E-state index contributed by atoms with van der Waals surface area (Å²) >= 11 is 3.13. The fourth-order valence-electron chi connectivity index (χ4n) is 2.27. The number of hydrogen-bond acceptors (Lipinski definition) is 6. The number of carbonyl (C=O) groups excluding carboxylic acids is 1.